The number of rotatable bonds is 2. The lowest BCUT2D eigenvalue weighted by atomic mass is 10.00. The van der Waals surface area contributed by atoms with E-state index in [4.69, 9.17) is 0 Å². The molecule has 2 rings (SSSR count). The van der Waals surface area contributed by atoms with Gasteiger partial charge >= 0.3 is 0 Å². The molecule has 0 aliphatic carbocycles. The molecule has 1 aliphatic heterocycles. The van der Waals surface area contributed by atoms with E-state index >= 15 is 0 Å². The highest BCUT2D eigenvalue weighted by molar-refractivity contribution is 6.02. The first-order valence-electron chi connectivity index (χ1n) is 5.85. The number of amides is 2. The van der Waals surface area contributed by atoms with E-state index in [2.05, 4.69) is 5.32 Å². The average molecular weight is 268 g/mol. The number of piperazine rings is 1. The minimum Gasteiger partial charge on any atom is -0.295 e. The third-order valence-corrected chi connectivity index (χ3v) is 3.09. The molecule has 0 saturated carbocycles. The zero-order valence-electron chi connectivity index (χ0n) is 10.7. The van der Waals surface area contributed by atoms with Gasteiger partial charge in [0.05, 0.1) is 18.6 Å². The van der Waals surface area contributed by atoms with E-state index in [0.717, 1.165) is 17.0 Å². The van der Waals surface area contributed by atoms with Gasteiger partial charge in [0, 0.05) is 0 Å². The third kappa shape index (κ3) is 2.63. The van der Waals surface area contributed by atoms with E-state index in [-0.39, 0.29) is 24.9 Å². The number of carbonyl (C=O) groups excluding carboxylic acids is 2. The number of halogens is 2. The van der Waals surface area contributed by atoms with Crippen molar-refractivity contribution < 1.29 is 18.4 Å². The summed E-state index contributed by atoms with van der Waals surface area (Å²) < 4.78 is 25.9. The van der Waals surface area contributed by atoms with E-state index in [1.165, 1.54) is 6.07 Å². The highest BCUT2D eigenvalue weighted by Gasteiger charge is 2.39. The number of nitrogens with zero attached hydrogens (tertiary/aromatic N) is 1. The van der Waals surface area contributed by atoms with E-state index < -0.39 is 17.2 Å². The zero-order valence-corrected chi connectivity index (χ0v) is 10.7. The fourth-order valence-electron chi connectivity index (χ4n) is 1.90. The SMILES string of the molecule is CC1(C)NCC(=O)N(Cc2ccc(F)c(F)c2)C1=O. The molecular formula is C13H14F2N2O2. The normalized spacial score (nSPS) is 18.8. The Balaban J connectivity index is 2.23. The van der Waals surface area contributed by atoms with Crippen molar-refractivity contribution in [2.45, 2.75) is 25.9 Å². The Hall–Kier alpha value is -1.82. The van der Waals surface area contributed by atoms with Crippen molar-refractivity contribution >= 4 is 11.8 Å². The van der Waals surface area contributed by atoms with E-state index in [1.54, 1.807) is 13.8 Å². The van der Waals surface area contributed by atoms with Crippen molar-refractivity contribution in [1.82, 2.24) is 10.2 Å². The van der Waals surface area contributed by atoms with Gasteiger partial charge in [-0.25, -0.2) is 8.78 Å². The van der Waals surface area contributed by atoms with Crippen LogP contribution in [0.15, 0.2) is 18.2 Å². The molecule has 1 fully saturated rings. The van der Waals surface area contributed by atoms with Crippen molar-refractivity contribution in [2.24, 2.45) is 0 Å². The summed E-state index contributed by atoms with van der Waals surface area (Å²) in [6, 6.07) is 3.33. The second-order valence-corrected chi connectivity index (χ2v) is 5.01. The highest BCUT2D eigenvalue weighted by Crippen LogP contribution is 2.17. The summed E-state index contributed by atoms with van der Waals surface area (Å²) in [7, 11) is 0. The van der Waals surface area contributed by atoms with Crippen molar-refractivity contribution in [1.29, 1.82) is 0 Å². The second-order valence-electron chi connectivity index (χ2n) is 5.01. The first kappa shape index (κ1) is 13.6. The van der Waals surface area contributed by atoms with Gasteiger partial charge in [-0.2, -0.15) is 0 Å². The Bertz CT molecular complexity index is 543. The molecule has 102 valence electrons. The number of benzene rings is 1. The Morgan fingerprint density at radius 3 is 2.58 bits per heavy atom. The minimum atomic E-state index is -0.994. The molecule has 1 aromatic rings. The van der Waals surface area contributed by atoms with Crippen LogP contribution in [0, 0.1) is 11.6 Å². The lowest BCUT2D eigenvalue weighted by molar-refractivity contribution is -0.153. The molecule has 19 heavy (non-hydrogen) atoms. The molecular weight excluding hydrogens is 254 g/mol. The Morgan fingerprint density at radius 2 is 1.95 bits per heavy atom. The van der Waals surface area contributed by atoms with Crippen LogP contribution in [0.2, 0.25) is 0 Å². The van der Waals surface area contributed by atoms with Crippen LogP contribution >= 0.6 is 0 Å². The number of imide groups is 1. The molecule has 1 aliphatic rings. The van der Waals surface area contributed by atoms with Crippen LogP contribution < -0.4 is 5.32 Å². The Kier molecular flexibility index (Phi) is 3.36. The first-order valence-corrected chi connectivity index (χ1v) is 5.85. The monoisotopic (exact) mass is 268 g/mol. The largest absolute Gasteiger partial charge is 0.295 e. The summed E-state index contributed by atoms with van der Waals surface area (Å²) in [5.74, 6) is -2.71. The molecule has 1 saturated heterocycles. The number of carbonyl (C=O) groups is 2. The summed E-state index contributed by atoms with van der Waals surface area (Å²) in [5.41, 5.74) is -0.467. The average Bonchev–Trinajstić information content (AvgIpc) is 2.35. The molecule has 1 aromatic carbocycles. The highest BCUT2D eigenvalue weighted by atomic mass is 19.2. The summed E-state index contributed by atoms with van der Waals surface area (Å²) in [6.07, 6.45) is 0. The molecule has 0 unspecified atom stereocenters. The van der Waals surface area contributed by atoms with Gasteiger partial charge in [-0.1, -0.05) is 6.07 Å². The van der Waals surface area contributed by atoms with Crippen molar-refractivity contribution in [2.75, 3.05) is 6.54 Å². The van der Waals surface area contributed by atoms with Gasteiger partial charge in [0.1, 0.15) is 0 Å². The van der Waals surface area contributed by atoms with E-state index in [1.807, 2.05) is 0 Å². The maximum atomic E-state index is 13.1. The topological polar surface area (TPSA) is 49.4 Å². The Morgan fingerprint density at radius 1 is 1.26 bits per heavy atom. The molecule has 0 aromatic heterocycles. The van der Waals surface area contributed by atoms with E-state index in [0.29, 0.717) is 5.56 Å². The van der Waals surface area contributed by atoms with Gasteiger partial charge < -0.3 is 0 Å². The molecule has 2 amide bonds. The van der Waals surface area contributed by atoms with Crippen LogP contribution in [-0.2, 0) is 16.1 Å². The number of hydrogen-bond acceptors (Lipinski definition) is 3. The molecule has 0 atom stereocenters. The van der Waals surface area contributed by atoms with Gasteiger partial charge in [-0.15, -0.1) is 0 Å². The molecule has 6 heteroatoms. The summed E-state index contributed by atoms with van der Waals surface area (Å²) in [6.45, 7) is 3.32. The maximum absolute atomic E-state index is 13.1. The summed E-state index contributed by atoms with van der Waals surface area (Å²) in [5, 5.41) is 2.82. The van der Waals surface area contributed by atoms with Crippen molar-refractivity contribution in [3.8, 4) is 0 Å². The maximum Gasteiger partial charge on any atom is 0.249 e. The van der Waals surface area contributed by atoms with Gasteiger partial charge in [-0.3, -0.25) is 19.8 Å². The van der Waals surface area contributed by atoms with Gasteiger partial charge in [-0.05, 0) is 31.5 Å². The van der Waals surface area contributed by atoms with Gasteiger partial charge in [0.25, 0.3) is 0 Å². The summed E-state index contributed by atoms with van der Waals surface area (Å²) in [4.78, 5) is 24.9. The van der Waals surface area contributed by atoms with Crippen LogP contribution in [-0.4, -0.2) is 28.8 Å². The predicted molar refractivity (Wildman–Crippen MR) is 64.0 cm³/mol. The predicted octanol–water partition coefficient (Wildman–Crippen LogP) is 1.20. The third-order valence-electron chi connectivity index (χ3n) is 3.09. The Labute approximate surface area is 109 Å². The first-order chi connectivity index (χ1) is 8.81. The van der Waals surface area contributed by atoms with Gasteiger partial charge in [0.2, 0.25) is 11.8 Å². The van der Waals surface area contributed by atoms with E-state index in [9.17, 15) is 18.4 Å². The minimum absolute atomic E-state index is 0.0441. The second kappa shape index (κ2) is 4.70. The molecule has 0 bridgehead atoms. The van der Waals surface area contributed by atoms with Crippen LogP contribution in [0.4, 0.5) is 8.78 Å². The summed E-state index contributed by atoms with van der Waals surface area (Å²) >= 11 is 0. The number of hydrogen-bond donors (Lipinski definition) is 1. The number of nitrogens with one attached hydrogen (secondary N) is 1. The van der Waals surface area contributed by atoms with Crippen molar-refractivity contribution in [3.63, 3.8) is 0 Å². The van der Waals surface area contributed by atoms with Crippen LogP contribution in [0.25, 0.3) is 0 Å². The standard InChI is InChI=1S/C13H14F2N2O2/c1-13(2)12(19)17(11(18)6-16-13)7-8-3-4-9(14)10(15)5-8/h3-5,16H,6-7H2,1-2H3. The quantitative estimate of drug-likeness (QED) is 0.820. The molecule has 1 N–H and O–H groups in total. The van der Waals surface area contributed by atoms with Crippen molar-refractivity contribution in [3.05, 3.63) is 35.4 Å². The fraction of sp³-hybridized carbons (Fsp3) is 0.385. The lowest BCUT2D eigenvalue weighted by Crippen LogP contribution is -2.63. The van der Waals surface area contributed by atoms with Crippen LogP contribution in [0.1, 0.15) is 19.4 Å². The molecule has 0 spiro atoms. The molecule has 1 heterocycles. The molecule has 4 nitrogen and oxygen atoms in total. The van der Waals surface area contributed by atoms with Gasteiger partial charge in [0.15, 0.2) is 11.6 Å². The smallest absolute Gasteiger partial charge is 0.249 e. The van der Waals surface area contributed by atoms with Crippen LogP contribution in [0.3, 0.4) is 0 Å². The lowest BCUT2D eigenvalue weighted by Gasteiger charge is -2.36. The zero-order chi connectivity index (χ0) is 14.2. The molecule has 0 radical (unpaired) electrons. The fourth-order valence-corrected chi connectivity index (χ4v) is 1.90. The van der Waals surface area contributed by atoms with Crippen LogP contribution in [0.5, 0.6) is 0 Å².